The van der Waals surface area contributed by atoms with E-state index < -0.39 is 15.8 Å². The van der Waals surface area contributed by atoms with Crippen LogP contribution in [-0.4, -0.2) is 52.1 Å². The van der Waals surface area contributed by atoms with E-state index in [0.717, 1.165) is 60.5 Å². The highest BCUT2D eigenvalue weighted by Gasteiger charge is 2.35. The molecule has 0 amide bonds. The molecule has 3 heterocycles. The van der Waals surface area contributed by atoms with Crippen molar-refractivity contribution in [3.8, 4) is 5.75 Å². The fourth-order valence-electron chi connectivity index (χ4n) is 6.83. The van der Waals surface area contributed by atoms with E-state index >= 15 is 0 Å². The van der Waals surface area contributed by atoms with Gasteiger partial charge in [-0.3, -0.25) is 4.98 Å². The molecule has 2 N–H and O–H groups in total. The first kappa shape index (κ1) is 26.7. The second-order valence-electron chi connectivity index (χ2n) is 11.5. The molecule has 9 heteroatoms. The molecule has 2 unspecified atom stereocenters. The van der Waals surface area contributed by atoms with Crippen molar-refractivity contribution in [1.29, 1.82) is 0 Å². The summed E-state index contributed by atoms with van der Waals surface area (Å²) in [6.07, 6.45) is 12.5. The number of carbonyl (C=O) groups is 1. The summed E-state index contributed by atoms with van der Waals surface area (Å²) in [6, 6.07) is 10.6. The van der Waals surface area contributed by atoms with E-state index in [4.69, 9.17) is 9.84 Å². The average Bonchev–Trinajstić information content (AvgIpc) is 3.45. The summed E-state index contributed by atoms with van der Waals surface area (Å²) in [5.74, 6) is 0.740. The molecule has 1 aromatic carbocycles. The fourth-order valence-corrected chi connectivity index (χ4v) is 9.05. The molecule has 3 aromatic heterocycles. The van der Waals surface area contributed by atoms with Crippen molar-refractivity contribution in [3.05, 3.63) is 66.1 Å². The molecular weight excluding hydrogens is 526 g/mol. The highest BCUT2D eigenvalue weighted by Crippen LogP contribution is 2.40. The number of hydrogen-bond donors (Lipinski definition) is 2. The van der Waals surface area contributed by atoms with Crippen LogP contribution in [0.3, 0.4) is 0 Å². The van der Waals surface area contributed by atoms with Crippen LogP contribution in [0.2, 0.25) is 0 Å². The van der Waals surface area contributed by atoms with Crippen molar-refractivity contribution in [1.82, 2.24) is 15.0 Å². The lowest BCUT2D eigenvalue weighted by molar-refractivity contribution is 0.0696. The standard InChI is InChI=1S/C31H35N3O5S/c35-31(36)23-4-8-24(9-5-23)39-18-20-2-1-3-21(16-20)19-40(37,38)25-10-6-22(7-11-25)26-12-14-32-28-17-34-30-27(29(26)28)13-15-33-30/h4-5,8-9,12-15,17,20-22,25H,1-3,6-7,10-11,16,18-19H2,(H,33,34)(H,35,36). The Kier molecular flexibility index (Phi) is 7.49. The highest BCUT2D eigenvalue weighted by atomic mass is 32.2. The number of fused-ring (bicyclic) bond motifs is 3. The normalized spacial score (nSPS) is 23.8. The van der Waals surface area contributed by atoms with E-state index in [2.05, 4.69) is 21.0 Å². The van der Waals surface area contributed by atoms with Crippen LogP contribution in [0.25, 0.3) is 21.9 Å². The van der Waals surface area contributed by atoms with Crippen LogP contribution in [0, 0.1) is 11.8 Å². The number of carboxylic acid groups (broad SMARTS) is 1. The van der Waals surface area contributed by atoms with Gasteiger partial charge in [0.1, 0.15) is 11.4 Å². The van der Waals surface area contributed by atoms with Gasteiger partial charge in [-0.25, -0.2) is 18.2 Å². The van der Waals surface area contributed by atoms with E-state index in [9.17, 15) is 13.2 Å². The first-order valence-electron chi connectivity index (χ1n) is 14.3. The predicted octanol–water partition coefficient (Wildman–Crippen LogP) is 6.14. The van der Waals surface area contributed by atoms with Crippen molar-refractivity contribution in [2.45, 2.75) is 62.5 Å². The Morgan fingerprint density at radius 1 is 0.975 bits per heavy atom. The number of ether oxygens (including phenoxy) is 1. The molecule has 0 radical (unpaired) electrons. The maximum atomic E-state index is 13.5. The zero-order valence-corrected chi connectivity index (χ0v) is 23.3. The van der Waals surface area contributed by atoms with Crippen LogP contribution >= 0.6 is 0 Å². The van der Waals surface area contributed by atoms with Crippen LogP contribution < -0.4 is 4.74 Å². The van der Waals surface area contributed by atoms with E-state index in [1.54, 1.807) is 12.1 Å². The molecular formula is C31H35N3O5S. The van der Waals surface area contributed by atoms with Gasteiger partial charge in [0, 0.05) is 23.2 Å². The summed E-state index contributed by atoms with van der Waals surface area (Å²) in [6.45, 7) is 0.526. The number of sulfone groups is 1. The summed E-state index contributed by atoms with van der Waals surface area (Å²) in [7, 11) is -3.18. The number of H-pyrrole nitrogens is 1. The van der Waals surface area contributed by atoms with Crippen molar-refractivity contribution in [2.24, 2.45) is 11.8 Å². The van der Waals surface area contributed by atoms with Crippen LogP contribution in [0.1, 0.15) is 73.2 Å². The maximum absolute atomic E-state index is 13.5. The smallest absolute Gasteiger partial charge is 0.335 e. The molecule has 0 spiro atoms. The molecule has 0 aliphatic heterocycles. The Balaban J connectivity index is 1.05. The second-order valence-corrected chi connectivity index (χ2v) is 13.8. The van der Waals surface area contributed by atoms with Crippen LogP contribution in [0.4, 0.5) is 0 Å². The fraction of sp³-hybridized carbons (Fsp3) is 0.452. The zero-order valence-electron chi connectivity index (χ0n) is 22.5. The molecule has 210 valence electrons. The predicted molar refractivity (Wildman–Crippen MR) is 155 cm³/mol. The first-order chi connectivity index (χ1) is 19.4. The van der Waals surface area contributed by atoms with Gasteiger partial charge >= 0.3 is 5.97 Å². The van der Waals surface area contributed by atoms with Gasteiger partial charge in [-0.1, -0.05) is 6.42 Å². The quantitative estimate of drug-likeness (QED) is 0.265. The van der Waals surface area contributed by atoms with Gasteiger partial charge < -0.3 is 14.8 Å². The summed E-state index contributed by atoms with van der Waals surface area (Å²) in [5, 5.41) is 11.0. The molecule has 2 saturated carbocycles. The number of benzene rings is 1. The molecule has 40 heavy (non-hydrogen) atoms. The van der Waals surface area contributed by atoms with Crippen LogP contribution in [0.15, 0.2) is 55.0 Å². The monoisotopic (exact) mass is 561 g/mol. The van der Waals surface area contributed by atoms with Gasteiger partial charge in [-0.2, -0.15) is 0 Å². The number of aromatic amines is 1. The topological polar surface area (TPSA) is 122 Å². The Morgan fingerprint density at radius 2 is 1.75 bits per heavy atom. The molecule has 4 aromatic rings. The van der Waals surface area contributed by atoms with E-state index in [-0.39, 0.29) is 22.5 Å². The SMILES string of the molecule is O=C(O)c1ccc(OCC2CCCC(CS(=O)(=O)C3CCC(c4ccnc5cnc6[nH]ccc6c45)CC3)C2)cc1. The van der Waals surface area contributed by atoms with Gasteiger partial charge in [0.2, 0.25) is 0 Å². The number of pyridine rings is 2. The van der Waals surface area contributed by atoms with Crippen molar-refractivity contribution in [2.75, 3.05) is 12.4 Å². The van der Waals surface area contributed by atoms with Crippen LogP contribution in [0.5, 0.6) is 5.75 Å². The molecule has 2 atom stereocenters. The Bertz CT molecular complexity index is 1610. The van der Waals surface area contributed by atoms with Gasteiger partial charge in [-0.15, -0.1) is 0 Å². The summed E-state index contributed by atoms with van der Waals surface area (Å²) in [4.78, 5) is 23.2. The molecule has 2 aliphatic carbocycles. The average molecular weight is 562 g/mol. The summed E-state index contributed by atoms with van der Waals surface area (Å²) >= 11 is 0. The number of aromatic nitrogens is 3. The third-order valence-electron chi connectivity index (χ3n) is 8.89. The third kappa shape index (κ3) is 5.57. The second kappa shape index (κ2) is 11.2. The lowest BCUT2D eigenvalue weighted by atomic mass is 9.82. The minimum Gasteiger partial charge on any atom is -0.493 e. The van der Waals surface area contributed by atoms with E-state index in [0.29, 0.717) is 37.0 Å². The largest absolute Gasteiger partial charge is 0.493 e. The number of aromatic carboxylic acids is 1. The van der Waals surface area contributed by atoms with Crippen molar-refractivity contribution in [3.63, 3.8) is 0 Å². The maximum Gasteiger partial charge on any atom is 0.335 e. The molecule has 2 fully saturated rings. The lowest BCUT2D eigenvalue weighted by Gasteiger charge is -2.32. The third-order valence-corrected chi connectivity index (χ3v) is 11.3. The zero-order chi connectivity index (χ0) is 27.7. The Hall–Kier alpha value is -3.46. The number of hydrogen-bond acceptors (Lipinski definition) is 6. The number of carboxylic acids is 1. The summed E-state index contributed by atoms with van der Waals surface area (Å²) in [5.41, 5.74) is 3.21. The minimum atomic E-state index is -3.18. The molecule has 8 nitrogen and oxygen atoms in total. The Morgan fingerprint density at radius 3 is 2.52 bits per heavy atom. The van der Waals surface area contributed by atoms with Crippen molar-refractivity contribution < 1.29 is 23.1 Å². The van der Waals surface area contributed by atoms with Gasteiger partial charge in [0.05, 0.1) is 34.9 Å². The Labute approximate surface area is 234 Å². The summed E-state index contributed by atoms with van der Waals surface area (Å²) < 4.78 is 33.0. The first-order valence-corrected chi connectivity index (χ1v) is 16.0. The molecule has 2 aliphatic rings. The van der Waals surface area contributed by atoms with Crippen molar-refractivity contribution >= 4 is 37.7 Å². The van der Waals surface area contributed by atoms with Crippen LogP contribution in [-0.2, 0) is 9.84 Å². The molecule has 6 rings (SSSR count). The number of nitrogens with zero attached hydrogens (tertiary/aromatic N) is 2. The number of rotatable bonds is 8. The molecule has 0 saturated heterocycles. The van der Waals surface area contributed by atoms with Gasteiger partial charge in [-0.05, 0) is 105 Å². The van der Waals surface area contributed by atoms with Gasteiger partial charge in [0.15, 0.2) is 9.84 Å². The lowest BCUT2D eigenvalue weighted by Crippen LogP contribution is -2.33. The highest BCUT2D eigenvalue weighted by molar-refractivity contribution is 7.92. The van der Waals surface area contributed by atoms with E-state index in [1.165, 1.54) is 17.7 Å². The van der Waals surface area contributed by atoms with Gasteiger partial charge in [0.25, 0.3) is 0 Å². The minimum absolute atomic E-state index is 0.165. The molecule has 0 bridgehead atoms. The number of nitrogens with one attached hydrogen (secondary N) is 1. The van der Waals surface area contributed by atoms with E-state index in [1.807, 2.05) is 24.7 Å².